The lowest BCUT2D eigenvalue weighted by Crippen LogP contribution is -2.40. The molecule has 1 aliphatic rings. The minimum atomic E-state index is -3.57. The number of nitrogen functional groups attached to an aromatic ring is 1. The van der Waals surface area contributed by atoms with E-state index in [9.17, 15) is 13.2 Å². The van der Waals surface area contributed by atoms with Crippen LogP contribution in [0.4, 0.5) is 5.82 Å². The second-order valence-corrected chi connectivity index (χ2v) is 7.90. The van der Waals surface area contributed by atoms with Gasteiger partial charge in [0, 0.05) is 25.3 Å². The average Bonchev–Trinajstić information content (AvgIpc) is 2.99. The van der Waals surface area contributed by atoms with Gasteiger partial charge in [0.25, 0.3) is 0 Å². The number of anilines is 1. The first-order valence-electron chi connectivity index (χ1n) is 7.79. The first-order valence-corrected chi connectivity index (χ1v) is 9.23. The van der Waals surface area contributed by atoms with E-state index in [1.165, 1.54) is 14.9 Å². The van der Waals surface area contributed by atoms with Gasteiger partial charge in [-0.1, -0.05) is 17.7 Å². The van der Waals surface area contributed by atoms with Crippen LogP contribution in [0, 0.1) is 6.92 Å². The van der Waals surface area contributed by atoms with Crippen molar-refractivity contribution in [3.63, 3.8) is 0 Å². The summed E-state index contributed by atoms with van der Waals surface area (Å²) in [5.41, 5.74) is 6.03. The number of aryl methyl sites for hydroxylation is 1. The Morgan fingerprint density at radius 3 is 2.62 bits per heavy atom. The second-order valence-electron chi connectivity index (χ2n) is 6.01. The molecule has 1 saturated heterocycles. The van der Waals surface area contributed by atoms with Crippen LogP contribution < -0.4 is 11.4 Å². The van der Waals surface area contributed by atoms with Crippen molar-refractivity contribution >= 4 is 15.8 Å². The van der Waals surface area contributed by atoms with E-state index < -0.39 is 15.7 Å². The summed E-state index contributed by atoms with van der Waals surface area (Å²) in [5, 5.41) is 0. The molecule has 1 atom stereocenters. The standard InChI is InChI=1S/C16H20N4O3S/c1-12-4-6-14(7-5-12)24(22,23)20-9-2-3-13(20)11-19-10-8-15(17)18-16(19)21/h4-8,10,13H,2-3,9,11H2,1H3,(H2,17,18,21)/t13-/m0/s1. The lowest BCUT2D eigenvalue weighted by atomic mass is 10.2. The zero-order chi connectivity index (χ0) is 17.3. The van der Waals surface area contributed by atoms with E-state index in [1.807, 2.05) is 6.92 Å². The van der Waals surface area contributed by atoms with Crippen molar-refractivity contribution in [3.05, 3.63) is 52.6 Å². The zero-order valence-corrected chi connectivity index (χ0v) is 14.2. The summed E-state index contributed by atoms with van der Waals surface area (Å²) in [6, 6.07) is 8.08. The van der Waals surface area contributed by atoms with E-state index in [1.54, 1.807) is 30.5 Å². The molecule has 2 N–H and O–H groups in total. The predicted molar refractivity (Wildman–Crippen MR) is 91.0 cm³/mol. The number of hydrogen-bond donors (Lipinski definition) is 1. The molecule has 7 nitrogen and oxygen atoms in total. The molecule has 2 aromatic rings. The van der Waals surface area contributed by atoms with Crippen LogP contribution in [-0.2, 0) is 16.6 Å². The van der Waals surface area contributed by atoms with Crippen LogP contribution >= 0.6 is 0 Å². The maximum atomic E-state index is 12.9. The Morgan fingerprint density at radius 1 is 1.25 bits per heavy atom. The minimum absolute atomic E-state index is 0.159. The molecule has 0 spiro atoms. The van der Waals surface area contributed by atoms with Crippen molar-refractivity contribution in [1.82, 2.24) is 13.9 Å². The molecule has 0 unspecified atom stereocenters. The molecule has 3 rings (SSSR count). The van der Waals surface area contributed by atoms with Gasteiger partial charge in [0.1, 0.15) is 5.82 Å². The van der Waals surface area contributed by atoms with Gasteiger partial charge in [0.05, 0.1) is 4.90 Å². The van der Waals surface area contributed by atoms with Crippen molar-refractivity contribution in [2.24, 2.45) is 0 Å². The number of rotatable bonds is 4. The average molecular weight is 348 g/mol. The topological polar surface area (TPSA) is 98.3 Å². The largest absolute Gasteiger partial charge is 0.383 e. The highest BCUT2D eigenvalue weighted by atomic mass is 32.2. The predicted octanol–water partition coefficient (Wildman–Crippen LogP) is 0.987. The van der Waals surface area contributed by atoms with Gasteiger partial charge in [0.15, 0.2) is 0 Å². The van der Waals surface area contributed by atoms with Crippen LogP contribution in [0.15, 0.2) is 46.2 Å². The molecule has 0 bridgehead atoms. The fourth-order valence-electron chi connectivity index (χ4n) is 2.96. The molecule has 2 heterocycles. The molecule has 1 fully saturated rings. The van der Waals surface area contributed by atoms with Gasteiger partial charge >= 0.3 is 5.69 Å². The third kappa shape index (κ3) is 3.20. The van der Waals surface area contributed by atoms with Crippen molar-refractivity contribution in [2.45, 2.75) is 37.2 Å². The van der Waals surface area contributed by atoms with E-state index in [2.05, 4.69) is 4.98 Å². The Hall–Kier alpha value is -2.19. The van der Waals surface area contributed by atoms with Gasteiger partial charge in [-0.15, -0.1) is 0 Å². The fourth-order valence-corrected chi connectivity index (χ4v) is 4.65. The fraction of sp³-hybridized carbons (Fsp3) is 0.375. The van der Waals surface area contributed by atoms with E-state index in [0.29, 0.717) is 13.0 Å². The quantitative estimate of drug-likeness (QED) is 0.888. The molecule has 0 radical (unpaired) electrons. The number of hydrogen-bond acceptors (Lipinski definition) is 5. The summed E-state index contributed by atoms with van der Waals surface area (Å²) in [6.45, 7) is 2.64. The molecule has 128 valence electrons. The van der Waals surface area contributed by atoms with E-state index in [0.717, 1.165) is 12.0 Å². The van der Waals surface area contributed by atoms with Gasteiger partial charge in [-0.2, -0.15) is 9.29 Å². The Labute approximate surface area is 140 Å². The normalized spacial score (nSPS) is 18.8. The maximum Gasteiger partial charge on any atom is 0.349 e. The van der Waals surface area contributed by atoms with Gasteiger partial charge in [-0.3, -0.25) is 4.57 Å². The van der Waals surface area contributed by atoms with Crippen LogP contribution in [0.3, 0.4) is 0 Å². The molecule has 0 amide bonds. The number of benzene rings is 1. The van der Waals surface area contributed by atoms with Crippen LogP contribution in [0.1, 0.15) is 18.4 Å². The molecule has 24 heavy (non-hydrogen) atoms. The summed E-state index contributed by atoms with van der Waals surface area (Å²) in [4.78, 5) is 15.9. The SMILES string of the molecule is Cc1ccc(S(=O)(=O)N2CCC[C@H]2Cn2ccc(N)nc2=O)cc1. The van der Waals surface area contributed by atoms with Crippen molar-refractivity contribution in [3.8, 4) is 0 Å². The number of nitrogens with zero attached hydrogens (tertiary/aromatic N) is 3. The van der Waals surface area contributed by atoms with Gasteiger partial charge < -0.3 is 5.73 Å². The summed E-state index contributed by atoms with van der Waals surface area (Å²) in [7, 11) is -3.57. The molecule has 0 aliphatic carbocycles. The maximum absolute atomic E-state index is 12.9. The Morgan fingerprint density at radius 2 is 1.96 bits per heavy atom. The molecule has 0 saturated carbocycles. The smallest absolute Gasteiger partial charge is 0.349 e. The Bertz CT molecular complexity index is 890. The van der Waals surface area contributed by atoms with Crippen molar-refractivity contribution in [2.75, 3.05) is 12.3 Å². The molecule has 8 heteroatoms. The summed E-state index contributed by atoms with van der Waals surface area (Å²) in [6.07, 6.45) is 3.04. The van der Waals surface area contributed by atoms with Crippen LogP contribution in [0.5, 0.6) is 0 Å². The van der Waals surface area contributed by atoms with Crippen LogP contribution in [0.25, 0.3) is 0 Å². The van der Waals surface area contributed by atoms with E-state index in [4.69, 9.17) is 5.73 Å². The monoisotopic (exact) mass is 348 g/mol. The van der Waals surface area contributed by atoms with Crippen molar-refractivity contribution < 1.29 is 8.42 Å². The molecular weight excluding hydrogens is 328 g/mol. The molecule has 1 aromatic heterocycles. The minimum Gasteiger partial charge on any atom is -0.383 e. The highest BCUT2D eigenvalue weighted by Crippen LogP contribution is 2.27. The third-order valence-electron chi connectivity index (χ3n) is 4.25. The first-order chi connectivity index (χ1) is 11.4. The lowest BCUT2D eigenvalue weighted by Gasteiger charge is -2.24. The highest BCUT2D eigenvalue weighted by molar-refractivity contribution is 7.89. The third-order valence-corrected chi connectivity index (χ3v) is 6.22. The van der Waals surface area contributed by atoms with Crippen LogP contribution in [-0.4, -0.2) is 34.9 Å². The molecule has 1 aliphatic heterocycles. The number of nitrogens with two attached hydrogens (primary N) is 1. The highest BCUT2D eigenvalue weighted by Gasteiger charge is 2.35. The Balaban J connectivity index is 1.87. The Kier molecular flexibility index (Phi) is 4.42. The van der Waals surface area contributed by atoms with Gasteiger partial charge in [-0.25, -0.2) is 13.2 Å². The lowest BCUT2D eigenvalue weighted by molar-refractivity contribution is 0.347. The van der Waals surface area contributed by atoms with Crippen LogP contribution in [0.2, 0.25) is 0 Å². The van der Waals surface area contributed by atoms with E-state index in [-0.39, 0.29) is 23.3 Å². The second kappa shape index (κ2) is 6.37. The molecule has 1 aromatic carbocycles. The summed E-state index contributed by atoms with van der Waals surface area (Å²) >= 11 is 0. The molecular formula is C16H20N4O3S. The van der Waals surface area contributed by atoms with Crippen molar-refractivity contribution in [1.29, 1.82) is 0 Å². The number of sulfonamides is 1. The first kappa shape index (κ1) is 16.7. The summed E-state index contributed by atoms with van der Waals surface area (Å²) < 4.78 is 28.7. The number of aromatic nitrogens is 2. The van der Waals surface area contributed by atoms with Gasteiger partial charge in [0.2, 0.25) is 10.0 Å². The van der Waals surface area contributed by atoms with Gasteiger partial charge in [-0.05, 0) is 38.0 Å². The van der Waals surface area contributed by atoms with E-state index >= 15 is 0 Å². The zero-order valence-electron chi connectivity index (χ0n) is 13.4. The summed E-state index contributed by atoms with van der Waals surface area (Å²) in [5.74, 6) is 0.159.